The predicted octanol–water partition coefficient (Wildman–Crippen LogP) is 6.89. The molecule has 0 spiro atoms. The highest BCUT2D eigenvalue weighted by molar-refractivity contribution is 6.31. The Morgan fingerprint density at radius 1 is 1.18 bits per heavy atom. The number of carboxylic acid groups (broad SMARTS) is 1. The summed E-state index contributed by atoms with van der Waals surface area (Å²) in [4.78, 5) is 17.3. The van der Waals surface area contributed by atoms with Gasteiger partial charge in [0.1, 0.15) is 5.75 Å². The molecule has 0 fully saturated rings. The topological polar surface area (TPSA) is 68.7 Å². The first-order valence-electron chi connectivity index (χ1n) is 11.3. The van der Waals surface area contributed by atoms with Crippen molar-refractivity contribution in [2.75, 3.05) is 6.61 Å². The van der Waals surface area contributed by atoms with Crippen molar-refractivity contribution in [1.29, 1.82) is 0 Å². The number of ether oxygens (including phenoxy) is 2. The number of benzene rings is 3. The molecule has 0 amide bonds. The number of hydrogen-bond donors (Lipinski definition) is 1. The van der Waals surface area contributed by atoms with Crippen molar-refractivity contribution >= 4 is 39.2 Å². The first kappa shape index (κ1) is 22.6. The number of halogens is 1. The van der Waals surface area contributed by atoms with Crippen LogP contribution in [0.2, 0.25) is 5.02 Å². The van der Waals surface area contributed by atoms with Crippen LogP contribution >= 0.6 is 11.6 Å². The van der Waals surface area contributed by atoms with Gasteiger partial charge in [-0.05, 0) is 85.5 Å². The molecule has 0 saturated heterocycles. The predicted molar refractivity (Wildman–Crippen MR) is 135 cm³/mol. The fourth-order valence-electron chi connectivity index (χ4n) is 4.85. The van der Waals surface area contributed by atoms with Gasteiger partial charge in [-0.25, -0.2) is 4.79 Å². The van der Waals surface area contributed by atoms with Crippen molar-refractivity contribution < 1.29 is 19.4 Å². The van der Waals surface area contributed by atoms with E-state index in [0.717, 1.165) is 50.5 Å². The zero-order chi connectivity index (χ0) is 24.2. The van der Waals surface area contributed by atoms with Gasteiger partial charge in [0.05, 0.1) is 17.7 Å². The number of carboxylic acids is 1. The Morgan fingerprint density at radius 3 is 2.71 bits per heavy atom. The van der Waals surface area contributed by atoms with Crippen LogP contribution in [0.1, 0.15) is 43.6 Å². The van der Waals surface area contributed by atoms with E-state index in [1.165, 1.54) is 5.56 Å². The van der Waals surface area contributed by atoms with E-state index in [0.29, 0.717) is 17.2 Å². The second-order valence-corrected chi connectivity index (χ2v) is 10.1. The monoisotopic (exact) mass is 475 g/mol. The molecule has 0 saturated carbocycles. The molecule has 1 atom stereocenters. The second kappa shape index (κ2) is 8.26. The standard InChI is InChI=1S/C28H26ClNO4/c1-15-13-17-14-18(29)5-6-19(17)24(22(15)26(27(31)32)34-28(2,3)4)20-7-8-21-23-16(10-12-33-21)9-11-30-25(20)23/h5-9,11,13-14,26H,10,12H2,1-4H3,(H,31,32). The number of nitrogens with zero attached hydrogens (tertiary/aromatic N) is 1. The molecular weight excluding hydrogens is 450 g/mol. The minimum Gasteiger partial charge on any atom is -0.493 e. The molecule has 1 aliphatic heterocycles. The van der Waals surface area contributed by atoms with Crippen molar-refractivity contribution in [3.63, 3.8) is 0 Å². The lowest BCUT2D eigenvalue weighted by Crippen LogP contribution is -2.28. The second-order valence-electron chi connectivity index (χ2n) is 9.70. The van der Waals surface area contributed by atoms with Gasteiger partial charge >= 0.3 is 5.97 Å². The number of pyridine rings is 1. The SMILES string of the molecule is Cc1cc2cc(Cl)ccc2c(-c2ccc3c4c(ccnc24)CCO3)c1C(OC(C)(C)C)C(=O)O. The molecule has 3 aromatic carbocycles. The number of aromatic nitrogens is 1. The minimum atomic E-state index is -1.16. The Balaban J connectivity index is 1.91. The minimum absolute atomic E-state index is 0.620. The summed E-state index contributed by atoms with van der Waals surface area (Å²) < 4.78 is 12.0. The van der Waals surface area contributed by atoms with Crippen LogP contribution in [0, 0.1) is 6.92 Å². The zero-order valence-corrected chi connectivity index (χ0v) is 20.4. The lowest BCUT2D eigenvalue weighted by atomic mass is 9.85. The van der Waals surface area contributed by atoms with Gasteiger partial charge in [0.25, 0.3) is 0 Å². The van der Waals surface area contributed by atoms with Crippen LogP contribution in [-0.4, -0.2) is 28.3 Å². The molecule has 2 heterocycles. The molecule has 0 bridgehead atoms. The van der Waals surface area contributed by atoms with Crippen molar-refractivity contribution in [2.45, 2.75) is 45.8 Å². The molecule has 1 unspecified atom stereocenters. The average molecular weight is 476 g/mol. The first-order chi connectivity index (χ1) is 16.1. The Kier molecular flexibility index (Phi) is 5.50. The maximum absolute atomic E-state index is 12.5. The smallest absolute Gasteiger partial charge is 0.337 e. The Labute approximate surface area is 203 Å². The molecule has 0 radical (unpaired) electrons. The van der Waals surface area contributed by atoms with Crippen LogP contribution in [0.3, 0.4) is 0 Å². The van der Waals surface area contributed by atoms with Gasteiger partial charge in [0, 0.05) is 34.2 Å². The summed E-state index contributed by atoms with van der Waals surface area (Å²) in [6.07, 6.45) is 1.46. The van der Waals surface area contributed by atoms with E-state index in [-0.39, 0.29) is 0 Å². The molecule has 1 N–H and O–H groups in total. The molecular formula is C28H26ClNO4. The van der Waals surface area contributed by atoms with E-state index in [2.05, 4.69) is 0 Å². The van der Waals surface area contributed by atoms with E-state index < -0.39 is 17.7 Å². The molecule has 1 aromatic heterocycles. The maximum atomic E-state index is 12.5. The van der Waals surface area contributed by atoms with E-state index in [9.17, 15) is 9.90 Å². The van der Waals surface area contributed by atoms with E-state index >= 15 is 0 Å². The third-order valence-electron chi connectivity index (χ3n) is 6.15. The van der Waals surface area contributed by atoms with E-state index in [1.54, 1.807) is 0 Å². The van der Waals surface area contributed by atoms with Gasteiger partial charge < -0.3 is 14.6 Å². The lowest BCUT2D eigenvalue weighted by molar-refractivity contribution is -0.160. The van der Waals surface area contributed by atoms with Crippen LogP contribution in [0.4, 0.5) is 0 Å². The molecule has 174 valence electrons. The van der Waals surface area contributed by atoms with Crippen molar-refractivity contribution in [1.82, 2.24) is 4.98 Å². The van der Waals surface area contributed by atoms with Gasteiger partial charge in [-0.3, -0.25) is 4.98 Å². The summed E-state index contributed by atoms with van der Waals surface area (Å²) in [7, 11) is 0. The van der Waals surface area contributed by atoms with Gasteiger partial charge in [0.15, 0.2) is 6.10 Å². The van der Waals surface area contributed by atoms with Gasteiger partial charge in [-0.2, -0.15) is 0 Å². The molecule has 0 aliphatic carbocycles. The lowest BCUT2D eigenvalue weighted by Gasteiger charge is -2.29. The maximum Gasteiger partial charge on any atom is 0.337 e. The fraction of sp³-hybridized carbons (Fsp3) is 0.286. The summed E-state index contributed by atoms with van der Waals surface area (Å²) in [5.41, 5.74) is 4.39. The number of fused-ring (bicyclic) bond motifs is 1. The Bertz CT molecular complexity index is 1440. The van der Waals surface area contributed by atoms with E-state index in [4.69, 9.17) is 26.1 Å². The number of carbonyl (C=O) groups is 1. The van der Waals surface area contributed by atoms with Crippen LogP contribution < -0.4 is 4.74 Å². The van der Waals surface area contributed by atoms with Crippen LogP contribution in [0.25, 0.3) is 32.8 Å². The Hall–Kier alpha value is -3.15. The van der Waals surface area contributed by atoms with E-state index in [1.807, 2.05) is 76.4 Å². The van der Waals surface area contributed by atoms with Gasteiger partial charge in [-0.15, -0.1) is 0 Å². The molecule has 1 aliphatic rings. The van der Waals surface area contributed by atoms with Crippen molar-refractivity contribution in [3.05, 3.63) is 70.4 Å². The van der Waals surface area contributed by atoms with Crippen LogP contribution in [-0.2, 0) is 16.0 Å². The quantitative estimate of drug-likeness (QED) is 0.348. The third-order valence-corrected chi connectivity index (χ3v) is 6.38. The fourth-order valence-corrected chi connectivity index (χ4v) is 5.03. The molecule has 4 aromatic rings. The summed E-state index contributed by atoms with van der Waals surface area (Å²) >= 11 is 6.32. The zero-order valence-electron chi connectivity index (χ0n) is 19.6. The highest BCUT2D eigenvalue weighted by Crippen LogP contribution is 2.45. The Morgan fingerprint density at radius 2 is 1.97 bits per heavy atom. The van der Waals surface area contributed by atoms with Gasteiger partial charge in [-0.1, -0.05) is 23.7 Å². The highest BCUT2D eigenvalue weighted by Gasteiger charge is 2.32. The van der Waals surface area contributed by atoms with Crippen molar-refractivity contribution in [3.8, 4) is 16.9 Å². The normalized spacial score (nSPS) is 14.3. The third kappa shape index (κ3) is 3.89. The number of aliphatic carboxylic acids is 1. The summed E-state index contributed by atoms with van der Waals surface area (Å²) in [5, 5.41) is 13.7. The number of aryl methyl sites for hydroxylation is 1. The summed E-state index contributed by atoms with van der Waals surface area (Å²) in [5.74, 6) is -0.234. The van der Waals surface area contributed by atoms with Crippen LogP contribution in [0.15, 0.2) is 48.7 Å². The van der Waals surface area contributed by atoms with Gasteiger partial charge in [0.2, 0.25) is 0 Å². The van der Waals surface area contributed by atoms with Crippen LogP contribution in [0.5, 0.6) is 5.75 Å². The molecule has 6 heteroatoms. The number of rotatable bonds is 4. The molecule has 34 heavy (non-hydrogen) atoms. The average Bonchev–Trinajstić information content (AvgIpc) is 2.77. The molecule has 5 nitrogen and oxygen atoms in total. The summed E-state index contributed by atoms with van der Waals surface area (Å²) in [6, 6.07) is 13.6. The van der Waals surface area contributed by atoms with Crippen molar-refractivity contribution in [2.24, 2.45) is 0 Å². The number of hydrogen-bond acceptors (Lipinski definition) is 4. The molecule has 5 rings (SSSR count). The summed E-state index contributed by atoms with van der Waals surface area (Å²) in [6.45, 7) is 8.13. The first-order valence-corrected chi connectivity index (χ1v) is 11.7. The highest BCUT2D eigenvalue weighted by atomic mass is 35.5. The largest absolute Gasteiger partial charge is 0.493 e.